The summed E-state index contributed by atoms with van der Waals surface area (Å²) in [6.07, 6.45) is 5.87. The van der Waals surface area contributed by atoms with E-state index < -0.39 is 6.10 Å². The van der Waals surface area contributed by atoms with Crippen molar-refractivity contribution in [3.05, 3.63) is 16.4 Å². The Labute approximate surface area is 113 Å². The van der Waals surface area contributed by atoms with Crippen molar-refractivity contribution in [3.8, 4) is 0 Å². The number of nitrogens with zero attached hydrogens (tertiary/aromatic N) is 2. The van der Waals surface area contributed by atoms with Gasteiger partial charge < -0.3 is 5.11 Å². The Morgan fingerprint density at radius 2 is 2.22 bits per heavy atom. The molecule has 2 bridgehead atoms. The first kappa shape index (κ1) is 12.5. The zero-order chi connectivity index (χ0) is 12.9. The maximum absolute atomic E-state index is 10.4. The van der Waals surface area contributed by atoms with Crippen molar-refractivity contribution < 1.29 is 5.11 Å². The third kappa shape index (κ3) is 1.97. The number of rotatable bonds is 3. The first-order valence-corrected chi connectivity index (χ1v) is 7.31. The maximum Gasteiger partial charge on any atom is 0.132 e. The topological polar surface area (TPSA) is 38.0 Å². The lowest BCUT2D eigenvalue weighted by molar-refractivity contribution is 0.125. The minimum atomic E-state index is -0.449. The van der Waals surface area contributed by atoms with Gasteiger partial charge in [0.15, 0.2) is 0 Å². The van der Waals surface area contributed by atoms with Crippen LogP contribution in [0.5, 0.6) is 0 Å². The van der Waals surface area contributed by atoms with E-state index in [4.69, 9.17) is 11.6 Å². The Bertz CT molecular complexity index is 457. The molecule has 0 amide bonds. The van der Waals surface area contributed by atoms with Crippen molar-refractivity contribution in [2.45, 2.75) is 45.1 Å². The van der Waals surface area contributed by atoms with E-state index in [1.165, 1.54) is 25.7 Å². The lowest BCUT2D eigenvalue weighted by Crippen LogP contribution is -2.14. The van der Waals surface area contributed by atoms with Crippen LogP contribution in [0.2, 0.25) is 5.15 Å². The van der Waals surface area contributed by atoms with Gasteiger partial charge in [-0.25, -0.2) is 0 Å². The fraction of sp³-hybridized carbons (Fsp3) is 0.786. The smallest absolute Gasteiger partial charge is 0.132 e. The van der Waals surface area contributed by atoms with Crippen LogP contribution in [0.25, 0.3) is 0 Å². The summed E-state index contributed by atoms with van der Waals surface area (Å²) in [5.41, 5.74) is 1.69. The Morgan fingerprint density at radius 1 is 1.44 bits per heavy atom. The van der Waals surface area contributed by atoms with E-state index in [1.807, 2.05) is 14.0 Å². The van der Waals surface area contributed by atoms with Gasteiger partial charge in [0.1, 0.15) is 5.15 Å². The van der Waals surface area contributed by atoms with Gasteiger partial charge in [-0.05, 0) is 50.4 Å². The van der Waals surface area contributed by atoms with E-state index in [9.17, 15) is 5.11 Å². The summed E-state index contributed by atoms with van der Waals surface area (Å²) < 4.78 is 1.65. The second-order valence-electron chi connectivity index (χ2n) is 6.10. The number of halogens is 1. The van der Waals surface area contributed by atoms with Gasteiger partial charge in [-0.2, -0.15) is 5.10 Å². The molecule has 0 spiro atoms. The molecule has 2 aliphatic rings. The van der Waals surface area contributed by atoms with E-state index in [0.717, 1.165) is 29.5 Å². The third-order valence-electron chi connectivity index (χ3n) is 4.94. The van der Waals surface area contributed by atoms with Crippen molar-refractivity contribution in [2.75, 3.05) is 0 Å². The Balaban J connectivity index is 1.73. The maximum atomic E-state index is 10.4. The largest absolute Gasteiger partial charge is 0.388 e. The molecule has 2 saturated carbocycles. The molecule has 1 aromatic heterocycles. The highest BCUT2D eigenvalue weighted by molar-refractivity contribution is 6.30. The molecule has 18 heavy (non-hydrogen) atoms. The average molecular weight is 269 g/mol. The minimum absolute atomic E-state index is 0.449. The molecule has 0 aromatic carbocycles. The van der Waals surface area contributed by atoms with E-state index in [1.54, 1.807) is 4.68 Å². The highest BCUT2D eigenvalue weighted by Crippen LogP contribution is 2.51. The molecule has 0 saturated heterocycles. The van der Waals surface area contributed by atoms with Crippen LogP contribution >= 0.6 is 11.6 Å². The zero-order valence-corrected chi connectivity index (χ0v) is 11.8. The van der Waals surface area contributed by atoms with Gasteiger partial charge in [-0.15, -0.1) is 0 Å². The number of aliphatic hydroxyl groups is 1. The Kier molecular flexibility index (Phi) is 3.15. The molecule has 0 radical (unpaired) electrons. The summed E-state index contributed by atoms with van der Waals surface area (Å²) in [5, 5.41) is 15.3. The molecule has 4 unspecified atom stereocenters. The van der Waals surface area contributed by atoms with Crippen LogP contribution in [-0.4, -0.2) is 14.9 Å². The summed E-state index contributed by atoms with van der Waals surface area (Å²) in [7, 11) is 1.82. The van der Waals surface area contributed by atoms with E-state index in [2.05, 4.69) is 5.10 Å². The van der Waals surface area contributed by atoms with E-state index >= 15 is 0 Å². The fourth-order valence-electron chi connectivity index (χ4n) is 4.09. The highest BCUT2D eigenvalue weighted by atomic mass is 35.5. The van der Waals surface area contributed by atoms with E-state index in [0.29, 0.717) is 11.1 Å². The molecule has 2 aliphatic carbocycles. The Hall–Kier alpha value is -0.540. The van der Waals surface area contributed by atoms with Crippen LogP contribution in [0.4, 0.5) is 0 Å². The third-order valence-corrected chi connectivity index (χ3v) is 5.39. The number of aliphatic hydroxyl groups excluding tert-OH is 1. The Morgan fingerprint density at radius 3 is 2.72 bits per heavy atom. The normalized spacial score (nSPS) is 32.1. The number of aryl methyl sites for hydroxylation is 2. The predicted octanol–water partition coefficient (Wildman–Crippen LogP) is 3.24. The molecule has 4 heteroatoms. The van der Waals surface area contributed by atoms with E-state index in [-0.39, 0.29) is 0 Å². The van der Waals surface area contributed by atoms with Crippen LogP contribution < -0.4 is 0 Å². The van der Waals surface area contributed by atoms with Crippen molar-refractivity contribution >= 4 is 11.6 Å². The van der Waals surface area contributed by atoms with Crippen LogP contribution in [-0.2, 0) is 7.05 Å². The number of aromatic nitrogens is 2. The monoisotopic (exact) mass is 268 g/mol. The molecule has 2 fully saturated rings. The average Bonchev–Trinajstić information content (AvgIpc) is 2.95. The van der Waals surface area contributed by atoms with Gasteiger partial charge >= 0.3 is 0 Å². The predicted molar refractivity (Wildman–Crippen MR) is 71.5 cm³/mol. The second-order valence-corrected chi connectivity index (χ2v) is 6.46. The highest BCUT2D eigenvalue weighted by Gasteiger charge is 2.40. The first-order valence-electron chi connectivity index (χ1n) is 6.93. The van der Waals surface area contributed by atoms with Gasteiger partial charge in [0.05, 0.1) is 11.8 Å². The van der Waals surface area contributed by atoms with Crippen LogP contribution in [0.3, 0.4) is 0 Å². The van der Waals surface area contributed by atoms with Gasteiger partial charge in [-0.1, -0.05) is 18.0 Å². The molecule has 3 rings (SSSR count). The molecule has 0 aliphatic heterocycles. The number of hydrogen-bond donors (Lipinski definition) is 1. The number of hydrogen-bond acceptors (Lipinski definition) is 2. The van der Waals surface area contributed by atoms with Crippen molar-refractivity contribution in [2.24, 2.45) is 24.8 Å². The summed E-state index contributed by atoms with van der Waals surface area (Å²) >= 11 is 6.21. The summed E-state index contributed by atoms with van der Waals surface area (Å²) in [6.45, 7) is 1.92. The SMILES string of the molecule is Cc1nn(C)c(Cl)c1C(O)CC1CC2CCC1C2. The molecule has 1 N–H and O–H groups in total. The van der Waals surface area contributed by atoms with Crippen LogP contribution in [0, 0.1) is 24.7 Å². The standard InChI is InChI=1S/C14H21ClN2O/c1-8-13(14(15)17(2)16-8)12(18)7-11-6-9-3-4-10(11)5-9/h9-12,18H,3-7H2,1-2H3. The summed E-state index contributed by atoms with van der Waals surface area (Å²) in [6, 6.07) is 0. The molecule has 4 atom stereocenters. The molecular formula is C14H21ClN2O. The van der Waals surface area contributed by atoms with Gasteiger partial charge in [0.2, 0.25) is 0 Å². The molecular weight excluding hydrogens is 248 g/mol. The lowest BCUT2D eigenvalue weighted by Gasteiger charge is -2.24. The summed E-state index contributed by atoms with van der Waals surface area (Å²) in [4.78, 5) is 0. The molecule has 100 valence electrons. The van der Waals surface area contributed by atoms with Crippen LogP contribution in [0.1, 0.15) is 49.5 Å². The van der Waals surface area contributed by atoms with Crippen molar-refractivity contribution in [1.29, 1.82) is 0 Å². The minimum Gasteiger partial charge on any atom is -0.388 e. The second kappa shape index (κ2) is 4.53. The zero-order valence-electron chi connectivity index (χ0n) is 11.1. The van der Waals surface area contributed by atoms with Gasteiger partial charge in [-0.3, -0.25) is 4.68 Å². The lowest BCUT2D eigenvalue weighted by atomic mass is 9.83. The fourth-order valence-corrected chi connectivity index (χ4v) is 4.40. The summed E-state index contributed by atoms with van der Waals surface area (Å²) in [5.74, 6) is 2.47. The van der Waals surface area contributed by atoms with Gasteiger partial charge in [0, 0.05) is 12.6 Å². The molecule has 1 heterocycles. The molecule has 1 aromatic rings. The first-order chi connectivity index (χ1) is 8.56. The number of fused-ring (bicyclic) bond motifs is 2. The quantitative estimate of drug-likeness (QED) is 0.914. The van der Waals surface area contributed by atoms with Crippen LogP contribution in [0.15, 0.2) is 0 Å². The molecule has 3 nitrogen and oxygen atoms in total. The van der Waals surface area contributed by atoms with Crippen molar-refractivity contribution in [1.82, 2.24) is 9.78 Å². The van der Waals surface area contributed by atoms with Gasteiger partial charge in [0.25, 0.3) is 0 Å². The van der Waals surface area contributed by atoms with Crippen molar-refractivity contribution in [3.63, 3.8) is 0 Å².